The summed E-state index contributed by atoms with van der Waals surface area (Å²) >= 11 is 0. The van der Waals surface area contributed by atoms with Gasteiger partial charge in [0.1, 0.15) is 11.8 Å². The Morgan fingerprint density at radius 1 is 1.13 bits per heavy atom. The summed E-state index contributed by atoms with van der Waals surface area (Å²) < 4.78 is 5.37. The lowest BCUT2D eigenvalue weighted by Crippen LogP contribution is -2.44. The molecule has 0 aliphatic rings. The molecule has 1 atom stereocenters. The minimum atomic E-state index is -1.07. The van der Waals surface area contributed by atoms with Crippen LogP contribution in [-0.2, 0) is 16.0 Å². The molecule has 0 spiro atoms. The first-order valence-corrected chi connectivity index (χ1v) is 7.30. The Morgan fingerprint density at radius 3 is 2.52 bits per heavy atom. The number of carboxylic acids is 1. The van der Waals surface area contributed by atoms with E-state index >= 15 is 0 Å². The Bertz CT molecular complexity index is 670. The van der Waals surface area contributed by atoms with Crippen molar-refractivity contribution in [2.45, 2.75) is 19.4 Å². The van der Waals surface area contributed by atoms with Gasteiger partial charge in [0.05, 0.1) is 0 Å². The maximum atomic E-state index is 11.9. The molecule has 120 valence electrons. The average molecular weight is 313 g/mol. The van der Waals surface area contributed by atoms with Crippen molar-refractivity contribution in [3.63, 3.8) is 0 Å². The van der Waals surface area contributed by atoms with Crippen LogP contribution in [0.5, 0.6) is 5.75 Å². The van der Waals surface area contributed by atoms with Gasteiger partial charge in [-0.1, -0.05) is 42.5 Å². The van der Waals surface area contributed by atoms with Crippen molar-refractivity contribution < 1.29 is 19.4 Å². The van der Waals surface area contributed by atoms with E-state index in [4.69, 9.17) is 4.74 Å². The first-order valence-electron chi connectivity index (χ1n) is 7.30. The molecule has 0 fully saturated rings. The number of hydrogen-bond donors (Lipinski definition) is 2. The van der Waals surface area contributed by atoms with Crippen molar-refractivity contribution in [3.8, 4) is 5.75 Å². The van der Waals surface area contributed by atoms with Crippen LogP contribution in [0.2, 0.25) is 0 Å². The quantitative estimate of drug-likeness (QED) is 0.821. The van der Waals surface area contributed by atoms with Gasteiger partial charge in [-0.25, -0.2) is 4.79 Å². The lowest BCUT2D eigenvalue weighted by Gasteiger charge is -2.15. The molecule has 0 radical (unpaired) electrons. The molecule has 1 amide bonds. The highest BCUT2D eigenvalue weighted by Crippen LogP contribution is 2.12. The third-order valence-corrected chi connectivity index (χ3v) is 3.28. The van der Waals surface area contributed by atoms with Crippen LogP contribution in [0.4, 0.5) is 0 Å². The fourth-order valence-electron chi connectivity index (χ4n) is 2.14. The molecule has 5 nitrogen and oxygen atoms in total. The lowest BCUT2D eigenvalue weighted by atomic mass is 10.1. The van der Waals surface area contributed by atoms with E-state index in [0.29, 0.717) is 5.75 Å². The Hall–Kier alpha value is -2.82. The SMILES string of the molecule is Cc1cccc(OCC(=O)N[C@H](Cc2ccccc2)C(=O)O)c1. The largest absolute Gasteiger partial charge is 0.484 e. The van der Waals surface area contributed by atoms with Gasteiger partial charge in [-0.3, -0.25) is 4.79 Å². The first-order chi connectivity index (χ1) is 11.0. The van der Waals surface area contributed by atoms with Gasteiger partial charge in [0.2, 0.25) is 0 Å². The summed E-state index contributed by atoms with van der Waals surface area (Å²) in [6.07, 6.45) is 0.229. The Labute approximate surface area is 134 Å². The van der Waals surface area contributed by atoms with Crippen LogP contribution in [0.15, 0.2) is 54.6 Å². The van der Waals surface area contributed by atoms with E-state index in [-0.39, 0.29) is 13.0 Å². The molecule has 2 N–H and O–H groups in total. The molecule has 0 aromatic heterocycles. The number of carbonyl (C=O) groups is 2. The topological polar surface area (TPSA) is 75.6 Å². The molecule has 0 bridgehead atoms. The molecule has 23 heavy (non-hydrogen) atoms. The second kappa shape index (κ2) is 7.98. The van der Waals surface area contributed by atoms with Gasteiger partial charge in [-0.2, -0.15) is 0 Å². The van der Waals surface area contributed by atoms with Crippen LogP contribution < -0.4 is 10.1 Å². The van der Waals surface area contributed by atoms with Gasteiger partial charge in [-0.05, 0) is 30.2 Å². The normalized spacial score (nSPS) is 11.5. The Balaban J connectivity index is 1.89. The zero-order chi connectivity index (χ0) is 16.7. The molecule has 0 aliphatic carbocycles. The second-order valence-electron chi connectivity index (χ2n) is 5.25. The molecule has 2 aromatic rings. The Kier molecular flexibility index (Phi) is 5.74. The van der Waals surface area contributed by atoms with E-state index in [0.717, 1.165) is 11.1 Å². The predicted octanol–water partition coefficient (Wildman–Crippen LogP) is 2.19. The summed E-state index contributed by atoms with van der Waals surface area (Å²) in [6, 6.07) is 15.5. The van der Waals surface area contributed by atoms with E-state index in [1.165, 1.54) is 0 Å². The number of aliphatic carboxylic acids is 1. The van der Waals surface area contributed by atoms with Crippen molar-refractivity contribution in [1.29, 1.82) is 0 Å². The van der Waals surface area contributed by atoms with Gasteiger partial charge < -0.3 is 15.2 Å². The van der Waals surface area contributed by atoms with Crippen LogP contribution in [0.3, 0.4) is 0 Å². The monoisotopic (exact) mass is 313 g/mol. The minimum absolute atomic E-state index is 0.220. The molecular formula is C18H19NO4. The van der Waals surface area contributed by atoms with Crippen LogP contribution in [0.25, 0.3) is 0 Å². The number of aryl methyl sites for hydroxylation is 1. The third-order valence-electron chi connectivity index (χ3n) is 3.28. The summed E-state index contributed by atoms with van der Waals surface area (Å²) in [4.78, 5) is 23.2. The smallest absolute Gasteiger partial charge is 0.326 e. The van der Waals surface area contributed by atoms with Crippen LogP contribution >= 0.6 is 0 Å². The minimum Gasteiger partial charge on any atom is -0.484 e. The van der Waals surface area contributed by atoms with Gasteiger partial charge in [0.15, 0.2) is 6.61 Å². The van der Waals surface area contributed by atoms with Crippen LogP contribution in [0.1, 0.15) is 11.1 Å². The van der Waals surface area contributed by atoms with Crippen molar-refractivity contribution in [2.75, 3.05) is 6.61 Å². The van der Waals surface area contributed by atoms with Crippen molar-refractivity contribution in [2.24, 2.45) is 0 Å². The van der Waals surface area contributed by atoms with Crippen molar-refractivity contribution in [3.05, 3.63) is 65.7 Å². The highest BCUT2D eigenvalue weighted by atomic mass is 16.5. The van der Waals surface area contributed by atoms with Gasteiger partial charge in [-0.15, -0.1) is 0 Å². The number of hydrogen-bond acceptors (Lipinski definition) is 3. The summed E-state index contributed by atoms with van der Waals surface area (Å²) in [7, 11) is 0. The number of rotatable bonds is 7. The molecule has 0 saturated heterocycles. The second-order valence-corrected chi connectivity index (χ2v) is 5.25. The van der Waals surface area contributed by atoms with Gasteiger partial charge in [0, 0.05) is 6.42 Å². The molecule has 2 rings (SSSR count). The first kappa shape index (κ1) is 16.5. The summed E-state index contributed by atoms with van der Waals surface area (Å²) in [5, 5.41) is 11.7. The summed E-state index contributed by atoms with van der Waals surface area (Å²) in [6.45, 7) is 1.70. The zero-order valence-electron chi connectivity index (χ0n) is 12.9. The van der Waals surface area contributed by atoms with E-state index in [1.807, 2.05) is 55.5 Å². The molecule has 5 heteroatoms. The number of nitrogens with one attached hydrogen (secondary N) is 1. The van der Waals surface area contributed by atoms with E-state index in [9.17, 15) is 14.7 Å². The molecule has 0 aliphatic heterocycles. The predicted molar refractivity (Wildman–Crippen MR) is 86.4 cm³/mol. The van der Waals surface area contributed by atoms with Crippen LogP contribution in [-0.4, -0.2) is 29.6 Å². The molecule has 0 heterocycles. The number of ether oxygens (including phenoxy) is 1. The van der Waals surface area contributed by atoms with Crippen molar-refractivity contribution >= 4 is 11.9 Å². The standard InChI is InChI=1S/C18H19NO4/c1-13-6-5-9-15(10-13)23-12-17(20)19-16(18(21)22)11-14-7-3-2-4-8-14/h2-10,16H,11-12H2,1H3,(H,19,20)(H,21,22)/t16-/m1/s1. The maximum Gasteiger partial charge on any atom is 0.326 e. The maximum absolute atomic E-state index is 11.9. The van der Waals surface area contributed by atoms with E-state index < -0.39 is 17.9 Å². The van der Waals surface area contributed by atoms with Crippen molar-refractivity contribution in [1.82, 2.24) is 5.32 Å². The highest BCUT2D eigenvalue weighted by Gasteiger charge is 2.20. The van der Waals surface area contributed by atoms with E-state index in [2.05, 4.69) is 5.32 Å². The number of carbonyl (C=O) groups excluding carboxylic acids is 1. The third kappa shape index (κ3) is 5.47. The highest BCUT2D eigenvalue weighted by molar-refractivity contribution is 5.84. The molecule has 0 saturated carbocycles. The Morgan fingerprint density at radius 2 is 1.87 bits per heavy atom. The zero-order valence-corrected chi connectivity index (χ0v) is 12.9. The number of carboxylic acid groups (broad SMARTS) is 1. The average Bonchev–Trinajstić information content (AvgIpc) is 2.53. The number of benzene rings is 2. The van der Waals surface area contributed by atoms with Gasteiger partial charge in [0.25, 0.3) is 5.91 Å². The van der Waals surface area contributed by atoms with Crippen LogP contribution in [0, 0.1) is 6.92 Å². The van der Waals surface area contributed by atoms with E-state index in [1.54, 1.807) is 6.07 Å². The molecular weight excluding hydrogens is 294 g/mol. The summed E-state index contributed by atoms with van der Waals surface area (Å²) in [5.41, 5.74) is 1.87. The molecule has 0 unspecified atom stereocenters. The lowest BCUT2D eigenvalue weighted by molar-refractivity contribution is -0.142. The molecule has 2 aromatic carbocycles. The number of amides is 1. The van der Waals surface area contributed by atoms with Gasteiger partial charge >= 0.3 is 5.97 Å². The fourth-order valence-corrected chi connectivity index (χ4v) is 2.14. The summed E-state index contributed by atoms with van der Waals surface area (Å²) in [5.74, 6) is -0.956. The fraction of sp³-hybridized carbons (Fsp3) is 0.222.